The lowest BCUT2D eigenvalue weighted by atomic mass is 9.99. The lowest BCUT2D eigenvalue weighted by Gasteiger charge is -2.31. The molecule has 3 aromatic carbocycles. The Morgan fingerprint density at radius 1 is 1.11 bits per heavy atom. The van der Waals surface area contributed by atoms with E-state index in [1.54, 1.807) is 6.92 Å². The van der Waals surface area contributed by atoms with Gasteiger partial charge in [-0.15, -0.1) is 0 Å². The van der Waals surface area contributed by atoms with Crippen LogP contribution in [0.3, 0.4) is 0 Å². The summed E-state index contributed by atoms with van der Waals surface area (Å²) in [7, 11) is 0. The van der Waals surface area contributed by atoms with Gasteiger partial charge in [0.1, 0.15) is 18.1 Å². The molecule has 1 aliphatic rings. The molecule has 0 saturated carbocycles. The Morgan fingerprint density at radius 2 is 1.89 bits per heavy atom. The molecule has 1 heterocycles. The van der Waals surface area contributed by atoms with Crippen molar-refractivity contribution in [3.8, 4) is 11.5 Å². The van der Waals surface area contributed by atoms with Gasteiger partial charge in [-0.2, -0.15) is 0 Å². The molecule has 0 fully saturated rings. The summed E-state index contributed by atoms with van der Waals surface area (Å²) in [6, 6.07) is 22.1. The number of carbonyl (C=O) groups is 1. The number of nitrogens with two attached hydrogens (primary N) is 1. The predicted octanol–water partition coefficient (Wildman–Crippen LogP) is 4.56. The summed E-state index contributed by atoms with van der Waals surface area (Å²) in [5, 5.41) is 9.31. The molecule has 7 heteroatoms. The van der Waals surface area contributed by atoms with Crippen LogP contribution in [0.1, 0.15) is 30.0 Å². The number of hydrogen-bond acceptors (Lipinski definition) is 6. The van der Waals surface area contributed by atoms with Gasteiger partial charge >= 0.3 is 5.97 Å². The number of anilines is 2. The second-order valence-electron chi connectivity index (χ2n) is 8.85. The van der Waals surface area contributed by atoms with Gasteiger partial charge < -0.3 is 30.0 Å². The first kappa shape index (κ1) is 25.4. The molecule has 1 aliphatic heterocycles. The maximum atomic E-state index is 11.4. The number of benzene rings is 3. The summed E-state index contributed by atoms with van der Waals surface area (Å²) in [4.78, 5) is 13.7. The standard InChI is InChI=1S/C29H34N2O5/c1-2-34-28(29(32)33)20-23-11-8-22(19-25(23)30)18-21-9-12-24(13-10-21)35-16-5-14-31-15-17-36-27-7-4-3-6-26(27)31/h3-4,6-13,19,28H,2,5,14-18,20,30H2,1H3,(H,32,33). The lowest BCUT2D eigenvalue weighted by molar-refractivity contribution is -0.149. The monoisotopic (exact) mass is 490 g/mol. The van der Waals surface area contributed by atoms with Crippen LogP contribution in [0.4, 0.5) is 11.4 Å². The summed E-state index contributed by atoms with van der Waals surface area (Å²) in [5.41, 5.74) is 10.9. The molecule has 4 rings (SSSR count). The number of carboxylic acids is 1. The number of aliphatic carboxylic acids is 1. The summed E-state index contributed by atoms with van der Waals surface area (Å²) in [5.74, 6) is 0.826. The molecule has 3 N–H and O–H groups in total. The number of para-hydroxylation sites is 2. The number of ether oxygens (including phenoxy) is 3. The first-order valence-corrected chi connectivity index (χ1v) is 12.4. The predicted molar refractivity (Wildman–Crippen MR) is 141 cm³/mol. The molecular formula is C29H34N2O5. The van der Waals surface area contributed by atoms with Crippen molar-refractivity contribution in [1.82, 2.24) is 0 Å². The zero-order valence-corrected chi connectivity index (χ0v) is 20.7. The van der Waals surface area contributed by atoms with Crippen molar-refractivity contribution in [2.75, 3.05) is 43.5 Å². The molecule has 0 amide bonds. The topological polar surface area (TPSA) is 94.3 Å². The van der Waals surface area contributed by atoms with Crippen LogP contribution < -0.4 is 20.1 Å². The average molecular weight is 491 g/mol. The van der Waals surface area contributed by atoms with E-state index in [-0.39, 0.29) is 6.42 Å². The Morgan fingerprint density at radius 3 is 2.64 bits per heavy atom. The first-order chi connectivity index (χ1) is 17.5. The summed E-state index contributed by atoms with van der Waals surface area (Å²) in [6.07, 6.45) is 1.02. The van der Waals surface area contributed by atoms with Crippen molar-refractivity contribution in [2.45, 2.75) is 32.3 Å². The third kappa shape index (κ3) is 6.70. The Kier molecular flexibility index (Phi) is 8.68. The van der Waals surface area contributed by atoms with Crippen molar-refractivity contribution in [3.63, 3.8) is 0 Å². The number of fused-ring (bicyclic) bond motifs is 1. The highest BCUT2D eigenvalue weighted by atomic mass is 16.5. The highest BCUT2D eigenvalue weighted by Crippen LogP contribution is 2.30. The SMILES string of the molecule is CCOC(Cc1ccc(Cc2ccc(OCCCN3CCOc4ccccc43)cc2)cc1N)C(=O)O. The van der Waals surface area contributed by atoms with Gasteiger partial charge in [-0.25, -0.2) is 4.79 Å². The van der Waals surface area contributed by atoms with E-state index in [2.05, 4.69) is 23.1 Å². The average Bonchev–Trinajstić information content (AvgIpc) is 2.88. The smallest absolute Gasteiger partial charge is 0.333 e. The van der Waals surface area contributed by atoms with Gasteiger partial charge in [0.2, 0.25) is 0 Å². The number of carboxylic acid groups (broad SMARTS) is 1. The van der Waals surface area contributed by atoms with Gasteiger partial charge in [-0.05, 0) is 66.8 Å². The van der Waals surface area contributed by atoms with Crippen LogP contribution in [0.25, 0.3) is 0 Å². The molecule has 0 bridgehead atoms. The van der Waals surface area contributed by atoms with E-state index in [9.17, 15) is 9.90 Å². The van der Waals surface area contributed by atoms with Crippen LogP contribution >= 0.6 is 0 Å². The Bertz CT molecular complexity index is 1150. The molecule has 7 nitrogen and oxygen atoms in total. The van der Waals surface area contributed by atoms with Crippen molar-refractivity contribution >= 4 is 17.3 Å². The highest BCUT2D eigenvalue weighted by Gasteiger charge is 2.19. The zero-order chi connectivity index (χ0) is 25.3. The fraction of sp³-hybridized carbons (Fsp3) is 0.345. The van der Waals surface area contributed by atoms with E-state index in [1.165, 1.54) is 0 Å². The summed E-state index contributed by atoms with van der Waals surface area (Å²) >= 11 is 0. The molecular weight excluding hydrogens is 456 g/mol. The maximum Gasteiger partial charge on any atom is 0.333 e. The molecule has 0 aromatic heterocycles. The molecule has 190 valence electrons. The van der Waals surface area contributed by atoms with Gasteiger partial charge in [-0.3, -0.25) is 0 Å². The van der Waals surface area contributed by atoms with E-state index in [0.717, 1.165) is 59.8 Å². The van der Waals surface area contributed by atoms with E-state index in [1.807, 2.05) is 48.5 Å². The fourth-order valence-corrected chi connectivity index (χ4v) is 4.40. The molecule has 0 radical (unpaired) electrons. The number of nitrogen functional groups attached to an aromatic ring is 1. The second-order valence-corrected chi connectivity index (χ2v) is 8.85. The van der Waals surface area contributed by atoms with E-state index >= 15 is 0 Å². The van der Waals surface area contributed by atoms with Crippen molar-refractivity contribution in [1.29, 1.82) is 0 Å². The van der Waals surface area contributed by atoms with Gasteiger partial charge in [0.15, 0.2) is 6.10 Å². The van der Waals surface area contributed by atoms with E-state index < -0.39 is 12.1 Å². The molecule has 0 spiro atoms. The van der Waals surface area contributed by atoms with Crippen LogP contribution in [-0.4, -0.2) is 50.1 Å². The van der Waals surface area contributed by atoms with Crippen molar-refractivity contribution in [3.05, 3.63) is 83.4 Å². The molecule has 1 atom stereocenters. The summed E-state index contributed by atoms with van der Waals surface area (Å²) in [6.45, 7) is 5.30. The van der Waals surface area contributed by atoms with E-state index in [0.29, 0.717) is 25.5 Å². The largest absolute Gasteiger partial charge is 0.494 e. The normalized spacial score (nSPS) is 13.5. The number of nitrogens with zero attached hydrogens (tertiary/aromatic N) is 1. The van der Waals surface area contributed by atoms with Gasteiger partial charge in [-0.1, -0.05) is 36.4 Å². The Balaban J connectivity index is 1.25. The minimum atomic E-state index is -0.978. The fourth-order valence-electron chi connectivity index (χ4n) is 4.40. The molecule has 1 unspecified atom stereocenters. The maximum absolute atomic E-state index is 11.4. The molecule has 0 aliphatic carbocycles. The number of hydrogen-bond donors (Lipinski definition) is 2. The third-order valence-electron chi connectivity index (χ3n) is 6.26. The number of rotatable bonds is 12. The quantitative estimate of drug-likeness (QED) is 0.284. The first-order valence-electron chi connectivity index (χ1n) is 12.4. The van der Waals surface area contributed by atoms with Crippen LogP contribution in [0.2, 0.25) is 0 Å². The van der Waals surface area contributed by atoms with Crippen LogP contribution in [0.5, 0.6) is 11.5 Å². The summed E-state index contributed by atoms with van der Waals surface area (Å²) < 4.78 is 17.0. The zero-order valence-electron chi connectivity index (χ0n) is 20.7. The Labute approximate surface area is 212 Å². The molecule has 3 aromatic rings. The van der Waals surface area contributed by atoms with Crippen LogP contribution in [0.15, 0.2) is 66.7 Å². The van der Waals surface area contributed by atoms with Crippen molar-refractivity contribution in [2.24, 2.45) is 0 Å². The molecule has 0 saturated heterocycles. The minimum absolute atomic E-state index is 0.249. The molecule has 36 heavy (non-hydrogen) atoms. The minimum Gasteiger partial charge on any atom is -0.494 e. The second kappa shape index (κ2) is 12.3. The van der Waals surface area contributed by atoms with Crippen LogP contribution in [0, 0.1) is 0 Å². The lowest BCUT2D eigenvalue weighted by Crippen LogP contribution is -2.34. The van der Waals surface area contributed by atoms with E-state index in [4.69, 9.17) is 19.9 Å². The van der Waals surface area contributed by atoms with Crippen LogP contribution in [-0.2, 0) is 22.4 Å². The Hall–Kier alpha value is -3.71. The highest BCUT2D eigenvalue weighted by molar-refractivity contribution is 5.73. The van der Waals surface area contributed by atoms with Gasteiger partial charge in [0, 0.05) is 25.3 Å². The van der Waals surface area contributed by atoms with Gasteiger partial charge in [0.25, 0.3) is 0 Å². The van der Waals surface area contributed by atoms with Gasteiger partial charge in [0.05, 0.1) is 18.8 Å². The third-order valence-corrected chi connectivity index (χ3v) is 6.26. The van der Waals surface area contributed by atoms with Crippen molar-refractivity contribution < 1.29 is 24.1 Å².